The predicted molar refractivity (Wildman–Crippen MR) is 209 cm³/mol. The van der Waals surface area contributed by atoms with Crippen LogP contribution in [-0.4, -0.2) is 18.7 Å². The molecule has 4 nitrogen and oxygen atoms in total. The summed E-state index contributed by atoms with van der Waals surface area (Å²) in [5.41, 5.74) is 1.75. The topological polar surface area (TPSA) is 44.8 Å². The van der Waals surface area contributed by atoms with Crippen molar-refractivity contribution < 1.29 is 23.4 Å². The number of carbonyl (C=O) groups excluding carboxylic acids is 1. The van der Waals surface area contributed by atoms with Crippen molar-refractivity contribution in [3.05, 3.63) is 89.2 Å². The van der Waals surface area contributed by atoms with E-state index in [1.807, 2.05) is 19.1 Å². The van der Waals surface area contributed by atoms with Crippen LogP contribution in [0.2, 0.25) is 0 Å². The number of hydrogen-bond donors (Lipinski definition) is 0. The van der Waals surface area contributed by atoms with Gasteiger partial charge in [0.2, 0.25) is 0 Å². The number of halogens is 1. The minimum absolute atomic E-state index is 0.0345. The second-order valence-electron chi connectivity index (χ2n) is 13.9. The highest BCUT2D eigenvalue weighted by Gasteiger charge is 2.10. The summed E-state index contributed by atoms with van der Waals surface area (Å²) in [5.74, 6) is 6.64. The molecule has 0 aromatic heterocycles. The van der Waals surface area contributed by atoms with Gasteiger partial charge in [0.05, 0.1) is 18.3 Å². The van der Waals surface area contributed by atoms with E-state index >= 15 is 0 Å². The number of rotatable bonds is 26. The number of unbranched alkanes of at least 4 members (excludes halogenated alkanes) is 17. The summed E-state index contributed by atoms with van der Waals surface area (Å²) in [5, 5.41) is 0. The van der Waals surface area contributed by atoms with E-state index in [4.69, 9.17) is 14.2 Å². The van der Waals surface area contributed by atoms with Crippen molar-refractivity contribution in [3.8, 4) is 29.1 Å². The quantitative estimate of drug-likeness (QED) is 0.0362. The first kappa shape index (κ1) is 41.6. The van der Waals surface area contributed by atoms with Gasteiger partial charge in [0.25, 0.3) is 0 Å². The number of carbonyl (C=O) groups is 1. The Morgan fingerprint density at radius 1 is 0.608 bits per heavy atom. The zero-order valence-corrected chi connectivity index (χ0v) is 31.8. The molecule has 278 valence electrons. The number of hydrogen-bond acceptors (Lipinski definition) is 4. The molecule has 0 spiro atoms. The Balaban J connectivity index is 1.28. The fourth-order valence-corrected chi connectivity index (χ4v) is 6.08. The van der Waals surface area contributed by atoms with Crippen molar-refractivity contribution in [1.29, 1.82) is 0 Å². The lowest BCUT2D eigenvalue weighted by Crippen LogP contribution is -2.12. The second-order valence-corrected chi connectivity index (χ2v) is 13.9. The van der Waals surface area contributed by atoms with Crippen molar-refractivity contribution in [2.45, 2.75) is 155 Å². The third-order valence-electron chi connectivity index (χ3n) is 9.25. The summed E-state index contributed by atoms with van der Waals surface area (Å²) in [6, 6.07) is 18.9. The molecule has 0 radical (unpaired) electrons. The smallest absolute Gasteiger partial charge is 0.343 e. The van der Waals surface area contributed by atoms with E-state index in [9.17, 15) is 9.18 Å². The van der Waals surface area contributed by atoms with Crippen LogP contribution in [-0.2, 0) is 0 Å². The molecule has 0 fully saturated rings. The highest BCUT2D eigenvalue weighted by molar-refractivity contribution is 5.91. The van der Waals surface area contributed by atoms with Gasteiger partial charge in [-0.3, -0.25) is 0 Å². The minimum Gasteiger partial charge on any atom is -0.494 e. The van der Waals surface area contributed by atoms with Crippen molar-refractivity contribution in [1.82, 2.24) is 0 Å². The van der Waals surface area contributed by atoms with Crippen LogP contribution in [0, 0.1) is 17.7 Å². The standard InChI is InChI=1S/C46H63FO4/c1-4-6-8-10-11-12-13-14-15-16-17-18-19-20-22-36-49-42-33-29-41(30-34-42)46(48)51-43-31-26-39(27-32-43)24-25-40-28-35-45(44(47)37-40)50-38(3)23-21-9-7-5-2/h26-35,37-38H,4-23,36H2,1-3H3. The highest BCUT2D eigenvalue weighted by atomic mass is 19.1. The Labute approximate surface area is 308 Å². The Morgan fingerprint density at radius 2 is 1.10 bits per heavy atom. The van der Waals surface area contributed by atoms with Gasteiger partial charge in [-0.05, 0) is 92.9 Å². The highest BCUT2D eigenvalue weighted by Crippen LogP contribution is 2.22. The van der Waals surface area contributed by atoms with Gasteiger partial charge in [0.15, 0.2) is 11.6 Å². The molecule has 0 aliphatic heterocycles. The maximum Gasteiger partial charge on any atom is 0.343 e. The van der Waals surface area contributed by atoms with Crippen molar-refractivity contribution in [2.75, 3.05) is 6.61 Å². The summed E-state index contributed by atoms with van der Waals surface area (Å²) >= 11 is 0. The molecule has 5 heteroatoms. The van der Waals surface area contributed by atoms with Gasteiger partial charge in [-0.1, -0.05) is 135 Å². The fourth-order valence-electron chi connectivity index (χ4n) is 6.08. The first-order valence-electron chi connectivity index (χ1n) is 20.0. The molecule has 3 aromatic carbocycles. The first-order valence-corrected chi connectivity index (χ1v) is 20.0. The molecule has 1 atom stereocenters. The maximum atomic E-state index is 14.7. The summed E-state index contributed by atoms with van der Waals surface area (Å²) < 4.78 is 31.9. The van der Waals surface area contributed by atoms with E-state index in [0.29, 0.717) is 23.5 Å². The zero-order valence-electron chi connectivity index (χ0n) is 31.8. The van der Waals surface area contributed by atoms with Crippen LogP contribution in [0.25, 0.3) is 0 Å². The molecule has 0 N–H and O–H groups in total. The van der Waals surface area contributed by atoms with E-state index in [1.54, 1.807) is 48.5 Å². The molecule has 1 unspecified atom stereocenters. The molecule has 0 bridgehead atoms. The third-order valence-corrected chi connectivity index (χ3v) is 9.25. The molecule has 0 aliphatic rings. The van der Waals surface area contributed by atoms with Gasteiger partial charge in [-0.25, -0.2) is 9.18 Å². The Bertz CT molecular complexity index is 1420. The van der Waals surface area contributed by atoms with E-state index in [0.717, 1.165) is 30.6 Å². The third kappa shape index (κ3) is 18.3. The van der Waals surface area contributed by atoms with Crippen molar-refractivity contribution in [2.24, 2.45) is 0 Å². The molecule has 3 rings (SSSR count). The lowest BCUT2D eigenvalue weighted by molar-refractivity contribution is 0.0734. The van der Waals surface area contributed by atoms with Gasteiger partial charge in [-0.2, -0.15) is 0 Å². The van der Waals surface area contributed by atoms with Gasteiger partial charge in [0, 0.05) is 11.1 Å². The summed E-state index contributed by atoms with van der Waals surface area (Å²) in [7, 11) is 0. The van der Waals surface area contributed by atoms with Crippen LogP contribution in [0.1, 0.15) is 171 Å². The lowest BCUT2D eigenvalue weighted by Gasteiger charge is -2.15. The molecular formula is C46H63FO4. The van der Waals surface area contributed by atoms with E-state index in [2.05, 4.69) is 25.7 Å². The minimum atomic E-state index is -0.434. The van der Waals surface area contributed by atoms with Crippen LogP contribution < -0.4 is 14.2 Å². The number of ether oxygens (including phenoxy) is 3. The number of esters is 1. The molecular weight excluding hydrogens is 636 g/mol. The Kier molecular flexibility index (Phi) is 21.3. The van der Waals surface area contributed by atoms with E-state index < -0.39 is 11.8 Å². The molecule has 3 aromatic rings. The average molecular weight is 699 g/mol. The normalized spacial score (nSPS) is 11.5. The molecule has 0 aliphatic carbocycles. The second kappa shape index (κ2) is 26.1. The molecule has 51 heavy (non-hydrogen) atoms. The monoisotopic (exact) mass is 698 g/mol. The van der Waals surface area contributed by atoms with Crippen LogP contribution in [0.5, 0.6) is 17.2 Å². The lowest BCUT2D eigenvalue weighted by atomic mass is 10.0. The largest absolute Gasteiger partial charge is 0.494 e. The Hall–Kier alpha value is -3.78. The maximum absolute atomic E-state index is 14.7. The summed E-state index contributed by atoms with van der Waals surface area (Å²) in [4.78, 5) is 12.7. The molecule has 0 saturated carbocycles. The van der Waals surface area contributed by atoms with Gasteiger partial charge < -0.3 is 14.2 Å². The van der Waals surface area contributed by atoms with Crippen molar-refractivity contribution in [3.63, 3.8) is 0 Å². The fraction of sp³-hybridized carbons (Fsp3) is 0.543. The first-order chi connectivity index (χ1) is 25.0. The number of benzene rings is 3. The van der Waals surface area contributed by atoms with Crippen LogP contribution in [0.15, 0.2) is 66.7 Å². The average Bonchev–Trinajstić information content (AvgIpc) is 3.14. The SMILES string of the molecule is CCCCCCCCCCCCCCCCCOc1ccc(C(=O)Oc2ccc(C#Cc3ccc(OC(C)CCCCCC)c(F)c3)cc2)cc1. The molecule has 0 saturated heterocycles. The van der Waals surface area contributed by atoms with Crippen molar-refractivity contribution >= 4 is 5.97 Å². The Morgan fingerprint density at radius 3 is 1.67 bits per heavy atom. The molecule has 0 heterocycles. The van der Waals surface area contributed by atoms with E-state index in [-0.39, 0.29) is 11.9 Å². The van der Waals surface area contributed by atoms with Crippen LogP contribution in [0.4, 0.5) is 4.39 Å². The summed E-state index contributed by atoms with van der Waals surface area (Å²) in [6.07, 6.45) is 25.7. The van der Waals surface area contributed by atoms with Crippen LogP contribution >= 0.6 is 0 Å². The zero-order chi connectivity index (χ0) is 36.4. The van der Waals surface area contributed by atoms with Gasteiger partial charge in [0.1, 0.15) is 11.5 Å². The van der Waals surface area contributed by atoms with Gasteiger partial charge in [-0.15, -0.1) is 0 Å². The summed E-state index contributed by atoms with van der Waals surface area (Å²) in [6.45, 7) is 7.13. The van der Waals surface area contributed by atoms with Crippen LogP contribution in [0.3, 0.4) is 0 Å². The van der Waals surface area contributed by atoms with E-state index in [1.165, 1.54) is 115 Å². The van der Waals surface area contributed by atoms with Gasteiger partial charge >= 0.3 is 5.97 Å². The molecule has 0 amide bonds. The predicted octanol–water partition coefficient (Wildman–Crippen LogP) is 13.4.